The molecule has 148 valence electrons. The fourth-order valence-electron chi connectivity index (χ4n) is 4.09. The van der Waals surface area contributed by atoms with Gasteiger partial charge in [0.2, 0.25) is 5.91 Å². The summed E-state index contributed by atoms with van der Waals surface area (Å²) in [5.74, 6) is 1.68. The lowest BCUT2D eigenvalue weighted by Crippen LogP contribution is -2.43. The van der Waals surface area contributed by atoms with Crippen LogP contribution in [0.25, 0.3) is 0 Å². The molecule has 4 rings (SSSR count). The van der Waals surface area contributed by atoms with Gasteiger partial charge in [0.25, 0.3) is 5.91 Å². The Labute approximate surface area is 164 Å². The highest BCUT2D eigenvalue weighted by Crippen LogP contribution is 2.29. The molecule has 0 saturated carbocycles. The smallest absolute Gasteiger partial charge is 0.271 e. The van der Waals surface area contributed by atoms with Gasteiger partial charge in [-0.2, -0.15) is 0 Å². The molecule has 0 aliphatic carbocycles. The van der Waals surface area contributed by atoms with Gasteiger partial charge in [-0.3, -0.25) is 9.59 Å². The first-order chi connectivity index (χ1) is 13.5. The van der Waals surface area contributed by atoms with Crippen molar-refractivity contribution in [3.8, 4) is 5.75 Å². The molecule has 0 fully saturated rings. The number of imidazole rings is 1. The van der Waals surface area contributed by atoms with Crippen LogP contribution in [0, 0.1) is 12.8 Å². The first-order valence-corrected chi connectivity index (χ1v) is 9.73. The van der Waals surface area contributed by atoms with E-state index in [0.717, 1.165) is 22.8 Å². The van der Waals surface area contributed by atoms with Gasteiger partial charge in [0, 0.05) is 33.1 Å². The van der Waals surface area contributed by atoms with Crippen molar-refractivity contribution in [2.75, 3.05) is 27.2 Å². The van der Waals surface area contributed by atoms with Gasteiger partial charge in [-0.05, 0) is 31.4 Å². The van der Waals surface area contributed by atoms with Crippen LogP contribution < -0.4 is 4.74 Å². The normalized spacial score (nSPS) is 18.5. The van der Waals surface area contributed by atoms with Gasteiger partial charge >= 0.3 is 0 Å². The largest absolute Gasteiger partial charge is 0.493 e. The van der Waals surface area contributed by atoms with Crippen LogP contribution in [0.2, 0.25) is 0 Å². The van der Waals surface area contributed by atoms with E-state index in [0.29, 0.717) is 44.8 Å². The van der Waals surface area contributed by atoms with Crippen LogP contribution in [0.5, 0.6) is 5.75 Å². The molecule has 0 radical (unpaired) electrons. The molecule has 0 spiro atoms. The Hall–Kier alpha value is -2.83. The number of para-hydroxylation sites is 1. The SMILES string of the molecule is Cc1nc2n(c1C(=O)N(C)C)CCN(C(=O)[C@@H]1CCOc3ccccc3C1)C2. The van der Waals surface area contributed by atoms with Crippen molar-refractivity contribution in [3.05, 3.63) is 47.0 Å². The fraction of sp³-hybridized carbons (Fsp3) is 0.476. The predicted octanol–water partition coefficient (Wildman–Crippen LogP) is 1.88. The lowest BCUT2D eigenvalue weighted by Gasteiger charge is -2.31. The topological polar surface area (TPSA) is 67.7 Å². The van der Waals surface area contributed by atoms with E-state index in [9.17, 15) is 9.59 Å². The van der Waals surface area contributed by atoms with Crippen LogP contribution in [0.15, 0.2) is 24.3 Å². The molecule has 2 aliphatic rings. The molecule has 7 heteroatoms. The van der Waals surface area contributed by atoms with Gasteiger partial charge < -0.3 is 19.1 Å². The standard InChI is InChI=1S/C21H26N4O3/c1-14-19(21(27)23(2)3)25-10-9-24(13-18(25)22-14)20(26)16-8-11-28-17-7-5-4-6-15(17)12-16/h4-7,16H,8-13H2,1-3H3/t16-/m1/s1. The second-order valence-electron chi connectivity index (χ2n) is 7.72. The number of amides is 2. The second-order valence-corrected chi connectivity index (χ2v) is 7.72. The number of hydrogen-bond acceptors (Lipinski definition) is 4. The highest BCUT2D eigenvalue weighted by molar-refractivity contribution is 5.93. The molecule has 3 heterocycles. The highest BCUT2D eigenvalue weighted by Gasteiger charge is 2.32. The van der Waals surface area contributed by atoms with Crippen molar-refractivity contribution in [1.29, 1.82) is 0 Å². The van der Waals surface area contributed by atoms with Gasteiger partial charge in [0.15, 0.2) is 0 Å². The number of aromatic nitrogens is 2. The zero-order valence-corrected chi connectivity index (χ0v) is 16.6. The van der Waals surface area contributed by atoms with Gasteiger partial charge in [-0.15, -0.1) is 0 Å². The molecule has 7 nitrogen and oxygen atoms in total. The van der Waals surface area contributed by atoms with Gasteiger partial charge in [0.05, 0.1) is 18.8 Å². The van der Waals surface area contributed by atoms with Gasteiger partial charge in [-0.1, -0.05) is 18.2 Å². The Morgan fingerprint density at radius 3 is 2.79 bits per heavy atom. The number of nitrogens with zero attached hydrogens (tertiary/aromatic N) is 4. The maximum absolute atomic E-state index is 13.2. The molecule has 0 N–H and O–H groups in total. The van der Waals surface area contributed by atoms with Crippen molar-refractivity contribution in [2.24, 2.45) is 5.92 Å². The third kappa shape index (κ3) is 3.25. The summed E-state index contributed by atoms with van der Waals surface area (Å²) in [7, 11) is 3.48. The van der Waals surface area contributed by atoms with Crippen LogP contribution in [0.3, 0.4) is 0 Å². The van der Waals surface area contributed by atoms with Gasteiger partial charge in [0.1, 0.15) is 17.3 Å². The quantitative estimate of drug-likeness (QED) is 0.795. The van der Waals surface area contributed by atoms with E-state index in [-0.39, 0.29) is 17.7 Å². The van der Waals surface area contributed by atoms with Crippen LogP contribution in [-0.2, 0) is 24.3 Å². The van der Waals surface area contributed by atoms with E-state index >= 15 is 0 Å². The minimum absolute atomic E-state index is 0.0476. The molecule has 2 aliphatic heterocycles. The molecule has 28 heavy (non-hydrogen) atoms. The minimum Gasteiger partial charge on any atom is -0.493 e. The average molecular weight is 382 g/mol. The van der Waals surface area contributed by atoms with E-state index in [4.69, 9.17) is 4.74 Å². The van der Waals surface area contributed by atoms with Crippen LogP contribution in [-0.4, -0.2) is 58.4 Å². The van der Waals surface area contributed by atoms with E-state index < -0.39 is 0 Å². The Morgan fingerprint density at radius 1 is 1.21 bits per heavy atom. The molecular formula is C21H26N4O3. The molecule has 1 aromatic heterocycles. The first kappa shape index (κ1) is 18.5. The summed E-state index contributed by atoms with van der Waals surface area (Å²) < 4.78 is 7.78. The van der Waals surface area contributed by atoms with E-state index in [1.807, 2.05) is 40.7 Å². The van der Waals surface area contributed by atoms with E-state index in [2.05, 4.69) is 4.98 Å². The number of rotatable bonds is 2. The van der Waals surface area contributed by atoms with Crippen molar-refractivity contribution in [2.45, 2.75) is 32.9 Å². The van der Waals surface area contributed by atoms with Crippen molar-refractivity contribution >= 4 is 11.8 Å². The van der Waals surface area contributed by atoms with E-state index in [1.54, 1.807) is 19.0 Å². The number of fused-ring (bicyclic) bond motifs is 2. The Kier molecular flexibility index (Phi) is 4.83. The Balaban J connectivity index is 1.53. The Bertz CT molecular complexity index is 918. The summed E-state index contributed by atoms with van der Waals surface area (Å²) in [4.78, 5) is 33.7. The molecule has 0 unspecified atom stereocenters. The molecule has 0 saturated heterocycles. The second kappa shape index (κ2) is 7.30. The fourth-order valence-corrected chi connectivity index (χ4v) is 4.09. The summed E-state index contributed by atoms with van der Waals surface area (Å²) in [6, 6.07) is 7.94. The summed E-state index contributed by atoms with van der Waals surface area (Å²) in [6.45, 7) is 4.04. The summed E-state index contributed by atoms with van der Waals surface area (Å²) in [5, 5.41) is 0. The summed E-state index contributed by atoms with van der Waals surface area (Å²) in [6.07, 6.45) is 1.41. The molecule has 0 bridgehead atoms. The predicted molar refractivity (Wildman–Crippen MR) is 104 cm³/mol. The number of benzene rings is 1. The van der Waals surface area contributed by atoms with Crippen molar-refractivity contribution in [1.82, 2.24) is 19.4 Å². The number of hydrogen-bond donors (Lipinski definition) is 0. The van der Waals surface area contributed by atoms with Crippen LogP contribution in [0.4, 0.5) is 0 Å². The average Bonchev–Trinajstić information content (AvgIpc) is 2.86. The number of carbonyl (C=O) groups excluding carboxylic acids is 2. The third-order valence-corrected chi connectivity index (χ3v) is 5.58. The molecule has 2 aromatic rings. The lowest BCUT2D eigenvalue weighted by atomic mass is 9.95. The minimum atomic E-state index is -0.0888. The lowest BCUT2D eigenvalue weighted by molar-refractivity contribution is -0.137. The monoisotopic (exact) mass is 382 g/mol. The van der Waals surface area contributed by atoms with E-state index in [1.165, 1.54) is 0 Å². The zero-order chi connectivity index (χ0) is 19.8. The highest BCUT2D eigenvalue weighted by atomic mass is 16.5. The maximum atomic E-state index is 13.2. The molecule has 1 aromatic carbocycles. The summed E-state index contributed by atoms with van der Waals surface area (Å²) >= 11 is 0. The molecule has 1 atom stereocenters. The summed E-state index contributed by atoms with van der Waals surface area (Å²) in [5.41, 5.74) is 2.44. The number of carbonyl (C=O) groups is 2. The van der Waals surface area contributed by atoms with Crippen molar-refractivity contribution < 1.29 is 14.3 Å². The van der Waals surface area contributed by atoms with Gasteiger partial charge in [-0.25, -0.2) is 4.98 Å². The third-order valence-electron chi connectivity index (χ3n) is 5.58. The molecular weight excluding hydrogens is 356 g/mol. The zero-order valence-electron chi connectivity index (χ0n) is 16.6. The number of aryl methyl sites for hydroxylation is 1. The number of ether oxygens (including phenoxy) is 1. The van der Waals surface area contributed by atoms with Crippen LogP contribution in [0.1, 0.15) is 34.0 Å². The van der Waals surface area contributed by atoms with Crippen LogP contribution >= 0.6 is 0 Å². The maximum Gasteiger partial charge on any atom is 0.271 e. The Morgan fingerprint density at radius 2 is 2.00 bits per heavy atom. The first-order valence-electron chi connectivity index (χ1n) is 9.73. The van der Waals surface area contributed by atoms with Crippen molar-refractivity contribution in [3.63, 3.8) is 0 Å². The molecule has 2 amide bonds.